The van der Waals surface area contributed by atoms with Gasteiger partial charge in [-0.15, -0.1) is 0 Å². The average molecular weight is 457 g/mol. The van der Waals surface area contributed by atoms with Crippen molar-refractivity contribution in [2.75, 3.05) is 17.7 Å². The maximum atomic E-state index is 13.6. The summed E-state index contributed by atoms with van der Waals surface area (Å²) in [5.41, 5.74) is 0.486. The predicted molar refractivity (Wildman–Crippen MR) is 123 cm³/mol. The van der Waals surface area contributed by atoms with E-state index in [1.165, 1.54) is 23.9 Å². The molecular formula is C23H25FN4O3S. The monoisotopic (exact) mass is 456 g/mol. The van der Waals surface area contributed by atoms with Crippen LogP contribution in [0.25, 0.3) is 0 Å². The molecule has 32 heavy (non-hydrogen) atoms. The molecule has 7 nitrogen and oxygen atoms in total. The smallest absolute Gasteiger partial charge is 0.326 e. The molecule has 2 aromatic carbocycles. The van der Waals surface area contributed by atoms with Crippen molar-refractivity contribution in [1.82, 2.24) is 9.97 Å². The van der Waals surface area contributed by atoms with Gasteiger partial charge in [0.25, 0.3) is 0 Å². The third kappa shape index (κ3) is 6.84. The lowest BCUT2D eigenvalue weighted by atomic mass is 10.0. The number of anilines is 3. The zero-order valence-corrected chi connectivity index (χ0v) is 18.8. The Morgan fingerprint density at radius 2 is 1.91 bits per heavy atom. The lowest BCUT2D eigenvalue weighted by Gasteiger charge is -2.18. The standard InChI is InChI=1S/C23H25FN4O3S/c1-14(2)11-19(22(29)30)26-20-13-21(32-18-9-7-17(31-3)8-10-18)28-23(27-20)25-16-6-4-5-15(24)12-16/h4-10,12-14,19H,11H2,1-3H3,(H,29,30)(H2,25,26,27,28)/t19-/m0/s1. The topological polar surface area (TPSA) is 96.4 Å². The van der Waals surface area contributed by atoms with Gasteiger partial charge in [-0.1, -0.05) is 31.7 Å². The van der Waals surface area contributed by atoms with Crippen molar-refractivity contribution >= 4 is 35.2 Å². The summed E-state index contributed by atoms with van der Waals surface area (Å²) in [6.07, 6.45) is 0.437. The number of rotatable bonds is 10. The summed E-state index contributed by atoms with van der Waals surface area (Å²) in [6.45, 7) is 3.92. The number of aromatic nitrogens is 2. The minimum absolute atomic E-state index is 0.184. The number of methoxy groups -OCH3 is 1. The normalized spacial score (nSPS) is 11.8. The molecular weight excluding hydrogens is 431 g/mol. The van der Waals surface area contributed by atoms with Crippen molar-refractivity contribution in [3.05, 3.63) is 60.4 Å². The number of hydrogen-bond acceptors (Lipinski definition) is 7. The Morgan fingerprint density at radius 1 is 1.16 bits per heavy atom. The second kappa shape index (κ2) is 10.8. The number of nitrogens with one attached hydrogen (secondary N) is 2. The van der Waals surface area contributed by atoms with Gasteiger partial charge in [-0.25, -0.2) is 14.2 Å². The Balaban J connectivity index is 1.91. The van der Waals surface area contributed by atoms with Crippen LogP contribution in [0.5, 0.6) is 5.75 Å². The van der Waals surface area contributed by atoms with Gasteiger partial charge in [-0.3, -0.25) is 0 Å². The number of carbonyl (C=O) groups is 1. The zero-order valence-electron chi connectivity index (χ0n) is 18.0. The quantitative estimate of drug-likeness (QED) is 0.348. The molecule has 0 aliphatic carbocycles. The first-order chi connectivity index (χ1) is 15.3. The highest BCUT2D eigenvalue weighted by molar-refractivity contribution is 7.99. The summed E-state index contributed by atoms with van der Waals surface area (Å²) in [7, 11) is 1.60. The van der Waals surface area contributed by atoms with Crippen LogP contribution in [-0.4, -0.2) is 34.2 Å². The van der Waals surface area contributed by atoms with E-state index in [1.54, 1.807) is 25.3 Å². The van der Waals surface area contributed by atoms with Crippen molar-refractivity contribution in [1.29, 1.82) is 0 Å². The lowest BCUT2D eigenvalue weighted by molar-refractivity contribution is -0.138. The summed E-state index contributed by atoms with van der Waals surface area (Å²) in [6, 6.07) is 14.3. The minimum Gasteiger partial charge on any atom is -0.497 e. The zero-order chi connectivity index (χ0) is 23.1. The number of nitrogens with zero attached hydrogens (tertiary/aromatic N) is 2. The number of halogens is 1. The Kier molecular flexibility index (Phi) is 7.88. The molecule has 0 spiro atoms. The molecule has 0 radical (unpaired) electrons. The summed E-state index contributed by atoms with van der Waals surface area (Å²) >= 11 is 1.39. The van der Waals surface area contributed by atoms with Crippen LogP contribution < -0.4 is 15.4 Å². The van der Waals surface area contributed by atoms with Gasteiger partial charge in [0.1, 0.15) is 28.5 Å². The molecule has 1 heterocycles. The molecule has 0 saturated heterocycles. The van der Waals surface area contributed by atoms with Gasteiger partial charge in [0.15, 0.2) is 0 Å². The van der Waals surface area contributed by atoms with Gasteiger partial charge >= 0.3 is 5.97 Å². The second-order valence-corrected chi connectivity index (χ2v) is 8.59. The average Bonchev–Trinajstić information content (AvgIpc) is 2.73. The van der Waals surface area contributed by atoms with Crippen molar-refractivity contribution in [2.45, 2.75) is 36.2 Å². The molecule has 0 unspecified atom stereocenters. The molecule has 0 aliphatic heterocycles. The fraction of sp³-hybridized carbons (Fsp3) is 0.261. The fourth-order valence-electron chi connectivity index (χ4n) is 2.94. The van der Waals surface area contributed by atoms with Gasteiger partial charge in [0.05, 0.1) is 7.11 Å². The van der Waals surface area contributed by atoms with Crippen molar-refractivity contribution in [3.8, 4) is 5.75 Å². The van der Waals surface area contributed by atoms with E-state index >= 15 is 0 Å². The van der Waals surface area contributed by atoms with E-state index in [-0.39, 0.29) is 17.7 Å². The first-order valence-electron chi connectivity index (χ1n) is 10.1. The molecule has 3 aromatic rings. The Morgan fingerprint density at radius 3 is 2.53 bits per heavy atom. The molecule has 168 valence electrons. The maximum Gasteiger partial charge on any atom is 0.326 e. The molecule has 3 rings (SSSR count). The van der Waals surface area contributed by atoms with Crippen LogP contribution in [0.15, 0.2) is 64.5 Å². The Bertz CT molecular complexity index is 1060. The number of benzene rings is 2. The highest BCUT2D eigenvalue weighted by Crippen LogP contribution is 2.30. The van der Waals surface area contributed by atoms with E-state index in [1.807, 2.05) is 38.1 Å². The molecule has 0 amide bonds. The largest absolute Gasteiger partial charge is 0.497 e. The first kappa shape index (κ1) is 23.3. The molecule has 1 aromatic heterocycles. The van der Waals surface area contributed by atoms with Crippen LogP contribution in [0.1, 0.15) is 20.3 Å². The third-order valence-electron chi connectivity index (χ3n) is 4.39. The van der Waals surface area contributed by atoms with Crippen LogP contribution in [0.4, 0.5) is 21.8 Å². The summed E-state index contributed by atoms with van der Waals surface area (Å²) in [4.78, 5) is 21.5. The Hall–Kier alpha value is -3.33. The predicted octanol–water partition coefficient (Wildman–Crippen LogP) is 5.43. The lowest BCUT2D eigenvalue weighted by Crippen LogP contribution is -2.31. The van der Waals surface area contributed by atoms with Crippen molar-refractivity contribution < 1.29 is 19.0 Å². The third-order valence-corrected chi connectivity index (χ3v) is 5.32. The number of carboxylic acid groups (broad SMARTS) is 1. The number of hydrogen-bond donors (Lipinski definition) is 3. The van der Waals surface area contributed by atoms with E-state index in [0.717, 1.165) is 10.6 Å². The highest BCUT2D eigenvalue weighted by Gasteiger charge is 2.20. The molecule has 0 aliphatic rings. The van der Waals surface area contributed by atoms with Gasteiger partial charge in [-0.2, -0.15) is 4.98 Å². The molecule has 0 saturated carbocycles. The fourth-order valence-corrected chi connectivity index (χ4v) is 3.75. The Labute approximate surface area is 190 Å². The van der Waals surface area contributed by atoms with Gasteiger partial charge < -0.3 is 20.5 Å². The van der Waals surface area contributed by atoms with E-state index in [2.05, 4.69) is 20.6 Å². The number of aliphatic carboxylic acids is 1. The van der Waals surface area contributed by atoms with Crippen LogP contribution in [0.3, 0.4) is 0 Å². The van der Waals surface area contributed by atoms with Crippen LogP contribution >= 0.6 is 11.8 Å². The van der Waals surface area contributed by atoms with Crippen molar-refractivity contribution in [2.24, 2.45) is 5.92 Å². The van der Waals surface area contributed by atoms with Crippen LogP contribution in [0.2, 0.25) is 0 Å². The van der Waals surface area contributed by atoms with Crippen molar-refractivity contribution in [3.63, 3.8) is 0 Å². The highest BCUT2D eigenvalue weighted by atomic mass is 32.2. The van der Waals surface area contributed by atoms with Gasteiger partial charge in [-0.05, 0) is 54.8 Å². The maximum absolute atomic E-state index is 13.6. The summed E-state index contributed by atoms with van der Waals surface area (Å²) < 4.78 is 18.8. The van der Waals surface area contributed by atoms with Crippen LogP contribution in [0, 0.1) is 11.7 Å². The number of carboxylic acids is 1. The second-order valence-electron chi connectivity index (χ2n) is 7.49. The van der Waals surface area contributed by atoms with E-state index in [9.17, 15) is 14.3 Å². The molecule has 9 heteroatoms. The van der Waals surface area contributed by atoms with E-state index in [4.69, 9.17) is 4.74 Å². The van der Waals surface area contributed by atoms with E-state index in [0.29, 0.717) is 23.0 Å². The van der Waals surface area contributed by atoms with Gasteiger partial charge in [0.2, 0.25) is 5.95 Å². The minimum atomic E-state index is -0.957. The molecule has 1 atom stereocenters. The molecule has 3 N–H and O–H groups in total. The van der Waals surface area contributed by atoms with E-state index < -0.39 is 12.0 Å². The molecule has 0 bridgehead atoms. The molecule has 0 fully saturated rings. The van der Waals surface area contributed by atoms with Crippen LogP contribution in [-0.2, 0) is 4.79 Å². The van der Waals surface area contributed by atoms with Gasteiger partial charge in [0, 0.05) is 16.6 Å². The first-order valence-corrected chi connectivity index (χ1v) is 10.9. The number of ether oxygens (including phenoxy) is 1. The SMILES string of the molecule is COc1ccc(Sc2cc(N[C@@H](CC(C)C)C(=O)O)nc(Nc3cccc(F)c3)n2)cc1. The summed E-state index contributed by atoms with van der Waals surface area (Å²) in [5, 5.41) is 16.2. The summed E-state index contributed by atoms with van der Waals surface area (Å²) in [5.74, 6) is 0.170.